The lowest BCUT2D eigenvalue weighted by atomic mass is 10.3. The number of hydrogen-bond acceptors (Lipinski definition) is 2. The van der Waals surface area contributed by atoms with Gasteiger partial charge in [0.05, 0.1) is 0 Å². The summed E-state index contributed by atoms with van der Waals surface area (Å²) in [5, 5.41) is 0. The molecule has 3 heteroatoms. The van der Waals surface area contributed by atoms with Gasteiger partial charge in [-0.05, 0) is 17.6 Å². The zero-order valence-electron chi connectivity index (χ0n) is 7.07. The fourth-order valence-electron chi connectivity index (χ4n) is 1.23. The third kappa shape index (κ3) is 1.28. The van der Waals surface area contributed by atoms with Crippen molar-refractivity contribution in [2.45, 2.75) is 6.54 Å². The molecule has 64 valence electrons. The van der Waals surface area contributed by atoms with E-state index in [2.05, 4.69) is 10.9 Å². The van der Waals surface area contributed by atoms with Crippen LogP contribution in [0.15, 0.2) is 24.5 Å². The number of nitrogens with zero attached hydrogens (tertiary/aromatic N) is 2. The van der Waals surface area contributed by atoms with Crippen molar-refractivity contribution in [3.8, 4) is 12.3 Å². The van der Waals surface area contributed by atoms with Crippen molar-refractivity contribution in [1.29, 1.82) is 0 Å². The van der Waals surface area contributed by atoms with Crippen LogP contribution >= 0.6 is 0 Å². The summed E-state index contributed by atoms with van der Waals surface area (Å²) >= 11 is 0. The molecule has 0 saturated carbocycles. The van der Waals surface area contributed by atoms with E-state index >= 15 is 0 Å². The third-order valence-corrected chi connectivity index (χ3v) is 1.90. The maximum Gasteiger partial charge on any atom is 0.138 e. The first-order chi connectivity index (χ1) is 6.33. The van der Waals surface area contributed by atoms with Crippen molar-refractivity contribution in [2.24, 2.45) is 5.73 Å². The first kappa shape index (κ1) is 7.84. The number of rotatable bonds is 1. The van der Waals surface area contributed by atoms with Gasteiger partial charge in [-0.15, -0.1) is 6.42 Å². The number of hydrogen-bond donors (Lipinski definition) is 1. The van der Waals surface area contributed by atoms with Gasteiger partial charge in [-0.3, -0.25) is 0 Å². The van der Waals surface area contributed by atoms with E-state index in [1.165, 1.54) is 0 Å². The molecule has 0 bridgehead atoms. The zero-order chi connectivity index (χ0) is 9.26. The predicted molar refractivity (Wildman–Crippen MR) is 51.0 cm³/mol. The number of aromatic nitrogens is 2. The lowest BCUT2D eigenvalue weighted by Crippen LogP contribution is -1.97. The molecule has 0 spiro atoms. The molecule has 3 nitrogen and oxygen atoms in total. The average molecular weight is 171 g/mol. The van der Waals surface area contributed by atoms with Crippen LogP contribution in [0.1, 0.15) is 11.3 Å². The summed E-state index contributed by atoms with van der Waals surface area (Å²) in [6, 6.07) is 3.85. The zero-order valence-corrected chi connectivity index (χ0v) is 7.07. The molecule has 13 heavy (non-hydrogen) atoms. The van der Waals surface area contributed by atoms with Gasteiger partial charge in [0.15, 0.2) is 0 Å². The summed E-state index contributed by atoms with van der Waals surface area (Å²) in [4.78, 5) is 4.19. The molecular weight excluding hydrogens is 162 g/mol. The Bertz CT molecular complexity index is 476. The van der Waals surface area contributed by atoms with Crippen LogP contribution in [-0.4, -0.2) is 9.38 Å². The van der Waals surface area contributed by atoms with Gasteiger partial charge in [0, 0.05) is 18.9 Å². The molecule has 0 radical (unpaired) electrons. The van der Waals surface area contributed by atoms with Crippen molar-refractivity contribution in [3.63, 3.8) is 0 Å². The molecule has 2 N–H and O–H groups in total. The predicted octanol–water partition coefficient (Wildman–Crippen LogP) is 0.774. The molecule has 0 aliphatic heterocycles. The normalized spacial score (nSPS) is 10.2. The van der Waals surface area contributed by atoms with E-state index in [0.29, 0.717) is 12.2 Å². The van der Waals surface area contributed by atoms with Crippen molar-refractivity contribution in [1.82, 2.24) is 9.38 Å². The topological polar surface area (TPSA) is 43.3 Å². The number of fused-ring (bicyclic) bond motifs is 1. The number of terminal acetylenes is 1. The van der Waals surface area contributed by atoms with Gasteiger partial charge in [0.25, 0.3) is 0 Å². The van der Waals surface area contributed by atoms with Crippen LogP contribution in [0.3, 0.4) is 0 Å². The van der Waals surface area contributed by atoms with E-state index < -0.39 is 0 Å². The maximum atomic E-state index is 5.51. The highest BCUT2D eigenvalue weighted by Crippen LogP contribution is 2.06. The lowest BCUT2D eigenvalue weighted by Gasteiger charge is -1.96. The quantitative estimate of drug-likeness (QED) is 0.644. The highest BCUT2D eigenvalue weighted by molar-refractivity contribution is 5.44. The smallest absolute Gasteiger partial charge is 0.138 e. The summed E-state index contributed by atoms with van der Waals surface area (Å²) in [6.07, 6.45) is 8.98. The van der Waals surface area contributed by atoms with E-state index in [0.717, 1.165) is 11.2 Å². The third-order valence-electron chi connectivity index (χ3n) is 1.90. The molecule has 2 aromatic heterocycles. The highest BCUT2D eigenvalue weighted by Gasteiger charge is 1.98. The standard InChI is InChI=1S/C10H9N3/c1-2-9-7-13-6-8(5-11)3-4-10(13)12-9/h1,3-4,6-7H,5,11H2. The molecule has 2 rings (SSSR count). The minimum absolute atomic E-state index is 0.527. The van der Waals surface area contributed by atoms with Crippen LogP contribution in [0.5, 0.6) is 0 Å². The highest BCUT2D eigenvalue weighted by atomic mass is 15.0. The Morgan fingerprint density at radius 1 is 1.46 bits per heavy atom. The van der Waals surface area contributed by atoms with Crippen molar-refractivity contribution < 1.29 is 0 Å². The second-order valence-corrected chi connectivity index (χ2v) is 2.78. The molecule has 0 atom stereocenters. The second kappa shape index (κ2) is 2.92. The Balaban J connectivity index is 2.65. The molecule has 0 fully saturated rings. The van der Waals surface area contributed by atoms with Gasteiger partial charge in [-0.2, -0.15) is 0 Å². The minimum atomic E-state index is 0.527. The van der Waals surface area contributed by atoms with E-state index in [9.17, 15) is 0 Å². The van der Waals surface area contributed by atoms with Crippen LogP contribution in [0, 0.1) is 12.3 Å². The second-order valence-electron chi connectivity index (χ2n) is 2.78. The number of pyridine rings is 1. The Hall–Kier alpha value is -1.79. The van der Waals surface area contributed by atoms with E-state index in [-0.39, 0.29) is 0 Å². The molecule has 0 aliphatic carbocycles. The summed E-state index contributed by atoms with van der Waals surface area (Å²) in [5.41, 5.74) is 8.07. The first-order valence-corrected chi connectivity index (χ1v) is 3.98. The van der Waals surface area contributed by atoms with Crippen LogP contribution in [0.25, 0.3) is 5.65 Å². The monoisotopic (exact) mass is 171 g/mol. The fourth-order valence-corrected chi connectivity index (χ4v) is 1.23. The van der Waals surface area contributed by atoms with Crippen LogP contribution < -0.4 is 5.73 Å². The van der Waals surface area contributed by atoms with Gasteiger partial charge >= 0.3 is 0 Å². The minimum Gasteiger partial charge on any atom is -0.326 e. The van der Waals surface area contributed by atoms with Gasteiger partial charge in [0.2, 0.25) is 0 Å². The lowest BCUT2D eigenvalue weighted by molar-refractivity contribution is 1.03. The summed E-state index contributed by atoms with van der Waals surface area (Å²) in [7, 11) is 0. The van der Waals surface area contributed by atoms with E-state index in [1.807, 2.05) is 28.9 Å². The summed E-state index contributed by atoms with van der Waals surface area (Å²) in [5.74, 6) is 2.49. The van der Waals surface area contributed by atoms with Crippen molar-refractivity contribution in [2.75, 3.05) is 0 Å². The Morgan fingerprint density at radius 3 is 3.00 bits per heavy atom. The maximum absolute atomic E-state index is 5.51. The first-order valence-electron chi connectivity index (χ1n) is 3.98. The van der Waals surface area contributed by atoms with Gasteiger partial charge in [0.1, 0.15) is 11.3 Å². The molecule has 0 saturated heterocycles. The largest absolute Gasteiger partial charge is 0.326 e. The van der Waals surface area contributed by atoms with Gasteiger partial charge < -0.3 is 10.1 Å². The van der Waals surface area contributed by atoms with Gasteiger partial charge in [-0.1, -0.05) is 6.07 Å². The van der Waals surface area contributed by atoms with E-state index in [4.69, 9.17) is 12.2 Å². The van der Waals surface area contributed by atoms with E-state index in [1.54, 1.807) is 0 Å². The van der Waals surface area contributed by atoms with Gasteiger partial charge in [-0.25, -0.2) is 4.98 Å². The van der Waals surface area contributed by atoms with Crippen LogP contribution in [0.4, 0.5) is 0 Å². The SMILES string of the molecule is C#Cc1cn2cc(CN)ccc2n1. The summed E-state index contributed by atoms with van der Waals surface area (Å²) < 4.78 is 1.89. The van der Waals surface area contributed by atoms with Crippen LogP contribution in [-0.2, 0) is 6.54 Å². The number of nitrogens with two attached hydrogens (primary N) is 1. The number of imidazole rings is 1. The van der Waals surface area contributed by atoms with Crippen molar-refractivity contribution in [3.05, 3.63) is 35.8 Å². The molecule has 0 aromatic carbocycles. The molecular formula is C10H9N3. The molecule has 0 amide bonds. The average Bonchev–Trinajstić information content (AvgIpc) is 2.58. The van der Waals surface area contributed by atoms with Crippen molar-refractivity contribution >= 4 is 5.65 Å². The Labute approximate surface area is 76.2 Å². The molecule has 2 heterocycles. The van der Waals surface area contributed by atoms with Crippen LogP contribution in [0.2, 0.25) is 0 Å². The molecule has 0 unspecified atom stereocenters. The fraction of sp³-hybridized carbons (Fsp3) is 0.100. The Kier molecular flexibility index (Phi) is 1.76. The Morgan fingerprint density at radius 2 is 2.31 bits per heavy atom. The molecule has 2 aromatic rings. The molecule has 0 aliphatic rings. The summed E-state index contributed by atoms with van der Waals surface area (Å²) in [6.45, 7) is 0.527.